The lowest BCUT2D eigenvalue weighted by atomic mass is 9.73. The van der Waals surface area contributed by atoms with E-state index in [0.29, 0.717) is 21.9 Å². The third kappa shape index (κ3) is 4.34. The number of rotatable bonds is 3. The maximum absolute atomic E-state index is 9.61. The number of ether oxygens (including phenoxy) is 2. The number of methoxy groups -OCH3 is 1. The van der Waals surface area contributed by atoms with E-state index in [4.69, 9.17) is 31.8 Å². The first kappa shape index (κ1) is 27.4. The van der Waals surface area contributed by atoms with E-state index in [1.54, 1.807) is 12.3 Å². The lowest BCUT2D eigenvalue weighted by Gasteiger charge is -2.41. The predicted octanol–water partition coefficient (Wildman–Crippen LogP) is 3.80. The third-order valence-corrected chi connectivity index (χ3v) is 7.70. The van der Waals surface area contributed by atoms with Crippen LogP contribution in [0.15, 0.2) is 24.5 Å². The molecule has 2 atom stereocenters. The van der Waals surface area contributed by atoms with Crippen molar-refractivity contribution in [3.8, 4) is 22.9 Å². The molecular formula is C24H31ClN6O2S2. The largest absolute Gasteiger partial charge is 0.495 e. The molecule has 2 aliphatic rings. The first-order valence-electron chi connectivity index (χ1n) is 11.1. The lowest BCUT2D eigenvalue weighted by Crippen LogP contribution is -2.51. The Morgan fingerprint density at radius 2 is 2.00 bits per heavy atom. The molecule has 1 aromatic carbocycles. The Bertz CT molecular complexity index is 1270. The number of aryl methyl sites for hydroxylation is 1. The van der Waals surface area contributed by atoms with Crippen molar-refractivity contribution in [2.45, 2.75) is 38.8 Å². The van der Waals surface area contributed by atoms with E-state index in [-0.39, 0.29) is 44.6 Å². The predicted molar refractivity (Wildman–Crippen MR) is 147 cm³/mol. The molecule has 35 heavy (non-hydrogen) atoms. The van der Waals surface area contributed by atoms with Crippen molar-refractivity contribution in [2.75, 3.05) is 31.7 Å². The lowest BCUT2D eigenvalue weighted by molar-refractivity contribution is 0.0973. The number of aromatic nitrogens is 3. The molecule has 8 nitrogen and oxygen atoms in total. The number of piperidine rings is 1. The Labute approximate surface area is 224 Å². The van der Waals surface area contributed by atoms with Crippen LogP contribution in [-0.4, -0.2) is 53.3 Å². The highest BCUT2D eigenvalue weighted by Gasteiger charge is 2.47. The third-order valence-electron chi connectivity index (χ3n) is 7.30. The van der Waals surface area contributed by atoms with Gasteiger partial charge in [0.2, 0.25) is 5.95 Å². The second kappa shape index (κ2) is 10.4. The maximum atomic E-state index is 9.61. The average molecular weight is 535 g/mol. The van der Waals surface area contributed by atoms with Crippen LogP contribution >= 0.6 is 38.6 Å². The van der Waals surface area contributed by atoms with Crippen molar-refractivity contribution in [3.63, 3.8) is 0 Å². The van der Waals surface area contributed by atoms with Gasteiger partial charge in [0.25, 0.3) is 0 Å². The van der Waals surface area contributed by atoms with Gasteiger partial charge in [-0.25, -0.2) is 9.97 Å². The molecule has 1 spiro atoms. The van der Waals surface area contributed by atoms with Crippen LogP contribution < -0.4 is 15.4 Å². The summed E-state index contributed by atoms with van der Waals surface area (Å²) in [5.74, 6) is 1.29. The van der Waals surface area contributed by atoms with Crippen LogP contribution in [0, 0.1) is 23.7 Å². The first-order valence-corrected chi connectivity index (χ1v) is 11.5. The van der Waals surface area contributed by atoms with Gasteiger partial charge < -0.3 is 20.1 Å². The monoisotopic (exact) mass is 534 g/mol. The summed E-state index contributed by atoms with van der Waals surface area (Å²) in [5, 5.41) is 9.94. The van der Waals surface area contributed by atoms with Crippen molar-refractivity contribution in [1.29, 1.82) is 5.26 Å². The molecule has 4 heterocycles. The summed E-state index contributed by atoms with van der Waals surface area (Å²) >= 11 is 6.65. The van der Waals surface area contributed by atoms with Crippen LogP contribution in [0.25, 0.3) is 16.8 Å². The molecule has 5 rings (SSSR count). The Kier molecular flexibility index (Phi) is 8.19. The highest BCUT2D eigenvalue weighted by atomic mass is 35.5. The number of anilines is 1. The van der Waals surface area contributed by atoms with Gasteiger partial charge in [-0.1, -0.05) is 11.6 Å². The highest BCUT2D eigenvalue weighted by Crippen LogP contribution is 2.43. The minimum absolute atomic E-state index is 0. The SMILES string of the molecule is COc1ccc(-c2c(C)nc(N3CCC4(CC3)CO[C@@H](C)[C@H]4N)n3ccnc23)c(Cl)c1C#N.S.S. The second-order valence-electron chi connectivity index (χ2n) is 9.00. The fourth-order valence-electron chi connectivity index (χ4n) is 5.26. The quantitative estimate of drug-likeness (QED) is 0.545. The van der Waals surface area contributed by atoms with Gasteiger partial charge in [0, 0.05) is 48.1 Å². The molecule has 11 heteroatoms. The molecular weight excluding hydrogens is 504 g/mol. The zero-order valence-corrected chi connectivity index (χ0v) is 22.8. The van der Waals surface area contributed by atoms with Crippen LogP contribution in [0.2, 0.25) is 5.02 Å². The molecule has 0 unspecified atom stereocenters. The number of nitrogens with two attached hydrogens (primary N) is 1. The number of nitriles is 1. The molecule has 2 aliphatic heterocycles. The van der Waals surface area contributed by atoms with Crippen LogP contribution in [0.5, 0.6) is 5.75 Å². The molecule has 2 N–H and O–H groups in total. The molecule has 188 valence electrons. The van der Waals surface area contributed by atoms with Gasteiger partial charge >= 0.3 is 0 Å². The zero-order chi connectivity index (χ0) is 23.3. The molecule has 2 saturated heterocycles. The van der Waals surface area contributed by atoms with Crippen LogP contribution in [-0.2, 0) is 4.74 Å². The van der Waals surface area contributed by atoms with Crippen molar-refractivity contribution in [1.82, 2.24) is 14.4 Å². The van der Waals surface area contributed by atoms with Gasteiger partial charge in [-0.2, -0.15) is 32.3 Å². The minimum Gasteiger partial charge on any atom is -0.495 e. The summed E-state index contributed by atoms with van der Waals surface area (Å²) in [5.41, 5.74) is 9.91. The average Bonchev–Trinajstić information content (AvgIpc) is 3.41. The number of benzene rings is 1. The summed E-state index contributed by atoms with van der Waals surface area (Å²) in [6.45, 7) is 6.45. The van der Waals surface area contributed by atoms with Crippen molar-refractivity contribution in [2.24, 2.45) is 11.1 Å². The highest BCUT2D eigenvalue weighted by molar-refractivity contribution is 7.59. The summed E-state index contributed by atoms with van der Waals surface area (Å²) in [6, 6.07) is 5.82. The van der Waals surface area contributed by atoms with Crippen molar-refractivity contribution < 1.29 is 9.47 Å². The van der Waals surface area contributed by atoms with E-state index < -0.39 is 0 Å². The topological polar surface area (TPSA) is 102 Å². The Hall–Kier alpha value is -2.16. The summed E-state index contributed by atoms with van der Waals surface area (Å²) < 4.78 is 13.2. The van der Waals surface area contributed by atoms with Gasteiger partial charge in [-0.15, -0.1) is 0 Å². The van der Waals surface area contributed by atoms with Gasteiger partial charge in [-0.05, 0) is 38.8 Å². The molecule has 0 bridgehead atoms. The summed E-state index contributed by atoms with van der Waals surface area (Å²) in [7, 11) is 1.52. The fraction of sp³-hybridized carbons (Fsp3) is 0.458. The van der Waals surface area contributed by atoms with Crippen molar-refractivity contribution >= 4 is 50.2 Å². The molecule has 3 aromatic rings. The van der Waals surface area contributed by atoms with E-state index in [1.165, 1.54) is 7.11 Å². The van der Waals surface area contributed by atoms with E-state index in [1.807, 2.05) is 23.6 Å². The van der Waals surface area contributed by atoms with E-state index in [0.717, 1.165) is 55.4 Å². The minimum atomic E-state index is 0. The molecule has 0 radical (unpaired) electrons. The Morgan fingerprint density at radius 1 is 1.29 bits per heavy atom. The first-order chi connectivity index (χ1) is 15.9. The van der Waals surface area contributed by atoms with E-state index in [9.17, 15) is 5.26 Å². The second-order valence-corrected chi connectivity index (χ2v) is 9.38. The standard InChI is InChI=1S/C24H27ClN6O2.2H2S/c1-14-19(16-4-5-18(32-3)17(12-26)20(16)25)22-28-8-11-31(22)23(29-14)30-9-6-24(7-10-30)13-33-15(2)21(24)27;;/h4-5,8,11,15,21H,6-7,9-10,13,27H2,1-3H3;2*1H2/t15-,21+;;/m0../s1. The normalized spacial score (nSPS) is 20.9. The molecule has 0 aliphatic carbocycles. The fourth-order valence-corrected chi connectivity index (χ4v) is 5.55. The number of nitrogens with zero attached hydrogens (tertiary/aromatic N) is 5. The van der Waals surface area contributed by atoms with E-state index >= 15 is 0 Å². The number of halogens is 1. The molecule has 2 aromatic heterocycles. The van der Waals surface area contributed by atoms with Gasteiger partial charge in [-0.3, -0.25) is 4.40 Å². The maximum Gasteiger partial charge on any atom is 0.211 e. The number of imidazole rings is 1. The molecule has 2 fully saturated rings. The van der Waals surface area contributed by atoms with Crippen LogP contribution in [0.4, 0.5) is 5.95 Å². The summed E-state index contributed by atoms with van der Waals surface area (Å²) in [4.78, 5) is 11.9. The number of hydrogen-bond donors (Lipinski definition) is 1. The zero-order valence-electron chi connectivity index (χ0n) is 20.0. The van der Waals surface area contributed by atoms with Crippen LogP contribution in [0.3, 0.4) is 0 Å². The van der Waals surface area contributed by atoms with Crippen molar-refractivity contribution in [3.05, 3.63) is 40.8 Å². The van der Waals surface area contributed by atoms with E-state index in [2.05, 4.69) is 22.9 Å². The van der Waals surface area contributed by atoms with Gasteiger partial charge in [0.15, 0.2) is 0 Å². The van der Waals surface area contributed by atoms with Gasteiger partial charge in [0.05, 0.1) is 30.5 Å². The Morgan fingerprint density at radius 3 is 2.60 bits per heavy atom. The smallest absolute Gasteiger partial charge is 0.211 e. The molecule has 0 saturated carbocycles. The van der Waals surface area contributed by atoms with Crippen LogP contribution in [0.1, 0.15) is 31.0 Å². The van der Waals surface area contributed by atoms with Gasteiger partial charge in [0.1, 0.15) is 23.0 Å². The summed E-state index contributed by atoms with van der Waals surface area (Å²) in [6.07, 6.45) is 5.71. The number of hydrogen-bond acceptors (Lipinski definition) is 7. The number of fused-ring (bicyclic) bond motifs is 1. The Balaban J connectivity index is 0.00000171. The molecule has 0 amide bonds.